The maximum atomic E-state index is 5.71. The van der Waals surface area contributed by atoms with Crippen LogP contribution in [0.2, 0.25) is 0 Å². The van der Waals surface area contributed by atoms with E-state index in [4.69, 9.17) is 9.47 Å². The van der Waals surface area contributed by atoms with Gasteiger partial charge < -0.3 is 14.8 Å². The summed E-state index contributed by atoms with van der Waals surface area (Å²) in [5, 5.41) is 3.36. The van der Waals surface area contributed by atoms with Gasteiger partial charge in [0.1, 0.15) is 6.61 Å². The lowest BCUT2D eigenvalue weighted by Crippen LogP contribution is -2.22. The Kier molecular flexibility index (Phi) is 6.03. The van der Waals surface area contributed by atoms with E-state index in [-0.39, 0.29) is 0 Å². The lowest BCUT2D eigenvalue weighted by Gasteiger charge is -2.11. The summed E-state index contributed by atoms with van der Waals surface area (Å²) in [5.74, 6) is 1.53. The Hall–Kier alpha value is -2.07. The average molecular weight is 286 g/mol. The third kappa shape index (κ3) is 4.46. The van der Waals surface area contributed by atoms with E-state index in [1.54, 1.807) is 7.11 Å². The summed E-state index contributed by atoms with van der Waals surface area (Å²) in [7, 11) is 1.65. The number of aromatic nitrogens is 1. The highest BCUT2D eigenvalue weighted by atomic mass is 16.5. The number of para-hydroxylation sites is 2. The molecule has 4 heteroatoms. The van der Waals surface area contributed by atoms with Gasteiger partial charge in [0.25, 0.3) is 0 Å². The van der Waals surface area contributed by atoms with Crippen molar-refractivity contribution in [1.82, 2.24) is 10.3 Å². The average Bonchev–Trinajstić information content (AvgIpc) is 2.55. The largest absolute Gasteiger partial charge is 0.493 e. The number of pyridine rings is 1. The lowest BCUT2D eigenvalue weighted by atomic mass is 10.1. The molecule has 0 amide bonds. The van der Waals surface area contributed by atoms with Gasteiger partial charge in [-0.15, -0.1) is 0 Å². The molecule has 0 radical (unpaired) electrons. The second kappa shape index (κ2) is 8.27. The summed E-state index contributed by atoms with van der Waals surface area (Å²) >= 11 is 0. The fourth-order valence-corrected chi connectivity index (χ4v) is 2.13. The zero-order chi connectivity index (χ0) is 14.9. The van der Waals surface area contributed by atoms with Crippen LogP contribution in [0.1, 0.15) is 18.2 Å². The summed E-state index contributed by atoms with van der Waals surface area (Å²) in [4.78, 5) is 4.41. The molecule has 0 saturated carbocycles. The summed E-state index contributed by atoms with van der Waals surface area (Å²) in [6.07, 6.45) is 2.84. The van der Waals surface area contributed by atoms with Crippen LogP contribution >= 0.6 is 0 Å². The van der Waals surface area contributed by atoms with Gasteiger partial charge in [0.15, 0.2) is 11.5 Å². The summed E-state index contributed by atoms with van der Waals surface area (Å²) in [6, 6.07) is 11.8. The highest BCUT2D eigenvalue weighted by molar-refractivity contribution is 5.39. The normalized spacial score (nSPS) is 10.4. The molecule has 0 saturated heterocycles. The smallest absolute Gasteiger partial charge is 0.161 e. The molecule has 1 aromatic heterocycles. The standard InChI is InChI=1S/C17H22N2O2/c1-3-14-7-6-10-19-15(14)13-18-11-12-21-17-9-5-4-8-16(17)20-2/h4-10,18H,3,11-13H2,1-2H3. The fourth-order valence-electron chi connectivity index (χ4n) is 2.13. The van der Waals surface area contributed by atoms with E-state index in [0.717, 1.165) is 36.7 Å². The van der Waals surface area contributed by atoms with Crippen molar-refractivity contribution in [2.24, 2.45) is 0 Å². The van der Waals surface area contributed by atoms with Crippen molar-refractivity contribution in [3.05, 3.63) is 53.9 Å². The second-order valence-electron chi connectivity index (χ2n) is 4.64. The predicted molar refractivity (Wildman–Crippen MR) is 83.8 cm³/mol. The zero-order valence-corrected chi connectivity index (χ0v) is 12.6. The van der Waals surface area contributed by atoms with E-state index in [0.29, 0.717) is 6.61 Å². The molecule has 1 N–H and O–H groups in total. The van der Waals surface area contributed by atoms with Crippen molar-refractivity contribution in [2.75, 3.05) is 20.3 Å². The number of aryl methyl sites for hydroxylation is 1. The van der Waals surface area contributed by atoms with Gasteiger partial charge in [0.2, 0.25) is 0 Å². The van der Waals surface area contributed by atoms with Crippen LogP contribution in [0.5, 0.6) is 11.5 Å². The molecule has 1 aromatic carbocycles. The quantitative estimate of drug-likeness (QED) is 0.758. The minimum Gasteiger partial charge on any atom is -0.493 e. The monoisotopic (exact) mass is 286 g/mol. The van der Waals surface area contributed by atoms with Crippen LogP contribution in [0.25, 0.3) is 0 Å². The fraction of sp³-hybridized carbons (Fsp3) is 0.353. The van der Waals surface area contributed by atoms with Crippen LogP contribution in [0.3, 0.4) is 0 Å². The number of nitrogens with zero attached hydrogens (tertiary/aromatic N) is 1. The van der Waals surface area contributed by atoms with Gasteiger partial charge >= 0.3 is 0 Å². The molecule has 4 nitrogen and oxygen atoms in total. The molecule has 0 aliphatic rings. The van der Waals surface area contributed by atoms with Crippen LogP contribution in [-0.4, -0.2) is 25.2 Å². The van der Waals surface area contributed by atoms with Gasteiger partial charge in [-0.1, -0.05) is 25.1 Å². The molecule has 0 fully saturated rings. The van der Waals surface area contributed by atoms with Crippen LogP contribution < -0.4 is 14.8 Å². The second-order valence-corrected chi connectivity index (χ2v) is 4.64. The molecular formula is C17H22N2O2. The zero-order valence-electron chi connectivity index (χ0n) is 12.6. The first kappa shape index (κ1) is 15.3. The topological polar surface area (TPSA) is 43.4 Å². The van der Waals surface area contributed by atoms with E-state index in [1.165, 1.54) is 5.56 Å². The Morgan fingerprint density at radius 2 is 1.90 bits per heavy atom. The molecule has 0 aliphatic carbocycles. The number of benzene rings is 1. The highest BCUT2D eigenvalue weighted by Crippen LogP contribution is 2.25. The minimum atomic E-state index is 0.592. The summed E-state index contributed by atoms with van der Waals surface area (Å²) < 4.78 is 11.0. The SMILES string of the molecule is CCc1cccnc1CNCCOc1ccccc1OC. The summed E-state index contributed by atoms with van der Waals surface area (Å²) in [6.45, 7) is 4.26. The summed E-state index contributed by atoms with van der Waals surface area (Å²) in [5.41, 5.74) is 2.40. The van der Waals surface area contributed by atoms with Crippen molar-refractivity contribution >= 4 is 0 Å². The van der Waals surface area contributed by atoms with Crippen LogP contribution in [0, 0.1) is 0 Å². The Morgan fingerprint density at radius 1 is 1.10 bits per heavy atom. The van der Waals surface area contributed by atoms with E-state index < -0.39 is 0 Å². The molecule has 112 valence electrons. The number of nitrogens with one attached hydrogen (secondary N) is 1. The van der Waals surface area contributed by atoms with Gasteiger partial charge in [-0.05, 0) is 30.2 Å². The first-order valence-electron chi connectivity index (χ1n) is 7.24. The maximum Gasteiger partial charge on any atom is 0.161 e. The number of rotatable bonds is 8. The molecule has 0 bridgehead atoms. The molecule has 1 heterocycles. The molecule has 0 unspecified atom stereocenters. The molecule has 21 heavy (non-hydrogen) atoms. The maximum absolute atomic E-state index is 5.71. The lowest BCUT2D eigenvalue weighted by molar-refractivity contribution is 0.292. The van der Waals surface area contributed by atoms with Crippen LogP contribution in [0.4, 0.5) is 0 Å². The first-order valence-corrected chi connectivity index (χ1v) is 7.24. The number of hydrogen-bond donors (Lipinski definition) is 1. The third-order valence-corrected chi connectivity index (χ3v) is 3.26. The van der Waals surface area contributed by atoms with Gasteiger partial charge in [-0.2, -0.15) is 0 Å². The predicted octanol–water partition coefficient (Wildman–Crippen LogP) is 2.82. The number of methoxy groups -OCH3 is 1. The van der Waals surface area contributed by atoms with Crippen molar-refractivity contribution < 1.29 is 9.47 Å². The Morgan fingerprint density at radius 3 is 2.67 bits per heavy atom. The number of hydrogen-bond acceptors (Lipinski definition) is 4. The molecule has 2 aromatic rings. The first-order chi connectivity index (χ1) is 10.3. The van der Waals surface area contributed by atoms with E-state index in [2.05, 4.69) is 23.3 Å². The van der Waals surface area contributed by atoms with Crippen LogP contribution in [-0.2, 0) is 13.0 Å². The van der Waals surface area contributed by atoms with E-state index in [9.17, 15) is 0 Å². The Balaban J connectivity index is 1.75. The van der Waals surface area contributed by atoms with Gasteiger partial charge in [-0.3, -0.25) is 4.98 Å². The van der Waals surface area contributed by atoms with E-state index in [1.807, 2.05) is 36.5 Å². The van der Waals surface area contributed by atoms with Crippen molar-refractivity contribution in [1.29, 1.82) is 0 Å². The third-order valence-electron chi connectivity index (χ3n) is 3.26. The minimum absolute atomic E-state index is 0.592. The van der Waals surface area contributed by atoms with E-state index >= 15 is 0 Å². The van der Waals surface area contributed by atoms with Gasteiger partial charge in [0.05, 0.1) is 12.8 Å². The van der Waals surface area contributed by atoms with Gasteiger partial charge in [-0.25, -0.2) is 0 Å². The van der Waals surface area contributed by atoms with Gasteiger partial charge in [0, 0.05) is 19.3 Å². The number of ether oxygens (including phenoxy) is 2. The molecule has 0 spiro atoms. The van der Waals surface area contributed by atoms with Crippen molar-refractivity contribution in [3.8, 4) is 11.5 Å². The van der Waals surface area contributed by atoms with Crippen molar-refractivity contribution in [3.63, 3.8) is 0 Å². The Labute approximate surface area is 126 Å². The molecular weight excluding hydrogens is 264 g/mol. The van der Waals surface area contributed by atoms with Crippen LogP contribution in [0.15, 0.2) is 42.6 Å². The molecule has 0 aliphatic heterocycles. The Bertz CT molecular complexity index is 508. The van der Waals surface area contributed by atoms with Crippen molar-refractivity contribution in [2.45, 2.75) is 19.9 Å². The molecule has 0 atom stereocenters. The highest BCUT2D eigenvalue weighted by Gasteiger charge is 2.03. The molecule has 2 rings (SSSR count).